The van der Waals surface area contributed by atoms with E-state index >= 15 is 0 Å². The van der Waals surface area contributed by atoms with Crippen molar-refractivity contribution in [3.05, 3.63) is 29.0 Å². The number of methoxy groups -OCH3 is 1. The van der Waals surface area contributed by atoms with Crippen LogP contribution in [0.3, 0.4) is 0 Å². The zero-order chi connectivity index (χ0) is 15.3. The Bertz CT molecular complexity index is 545. The number of nitrogens with one attached hydrogen (secondary N) is 1. The summed E-state index contributed by atoms with van der Waals surface area (Å²) in [4.78, 5) is 5.58. The van der Waals surface area contributed by atoms with Crippen LogP contribution >= 0.6 is 11.3 Å². The lowest BCUT2D eigenvalue weighted by Gasteiger charge is -2.29. The molecule has 2 N–H and O–H groups in total. The van der Waals surface area contributed by atoms with Crippen LogP contribution in [0.1, 0.15) is 24.8 Å². The Hall–Kier alpha value is -1.21. The van der Waals surface area contributed by atoms with Gasteiger partial charge in [0.25, 0.3) is 0 Å². The van der Waals surface area contributed by atoms with Crippen LogP contribution in [0.25, 0.3) is 10.8 Å². The summed E-state index contributed by atoms with van der Waals surface area (Å²) >= 11 is 1.61. The molecule has 1 unspecified atom stereocenters. The van der Waals surface area contributed by atoms with Crippen LogP contribution in [-0.4, -0.2) is 36.0 Å². The van der Waals surface area contributed by atoms with Crippen LogP contribution in [0.4, 0.5) is 0 Å². The average molecular weight is 310 g/mol. The molecule has 0 bridgehead atoms. The number of hydrogen-bond acceptors (Lipinski definition) is 6. The molecule has 0 fully saturated rings. The predicted molar refractivity (Wildman–Crippen MR) is 83.4 cm³/mol. The average Bonchev–Trinajstić information content (AvgIpc) is 3.06. The molecule has 0 aromatic carbocycles. The van der Waals surface area contributed by atoms with Gasteiger partial charge in [0.1, 0.15) is 5.76 Å². The minimum atomic E-state index is -0.280. The number of aliphatic hydroxyl groups is 1. The quantitative estimate of drug-likeness (QED) is 0.784. The number of oxazole rings is 1. The molecule has 116 valence electrons. The minimum Gasteiger partial charge on any atom is -0.440 e. The standard InChI is InChI=1S/C15H22N2O3S/c1-11-12(9-16-15(2,6-7-18)10-19-3)17-14(20-11)13-5-4-8-21-13/h4-5,8,16,18H,6-7,9-10H2,1-3H3. The highest BCUT2D eigenvalue weighted by atomic mass is 32.1. The highest BCUT2D eigenvalue weighted by Gasteiger charge is 2.24. The number of aliphatic hydroxyl groups excluding tert-OH is 1. The Kier molecular flexibility index (Phi) is 5.52. The number of aromatic nitrogens is 1. The molecule has 0 radical (unpaired) electrons. The zero-order valence-electron chi connectivity index (χ0n) is 12.7. The van der Waals surface area contributed by atoms with E-state index in [-0.39, 0.29) is 12.1 Å². The van der Waals surface area contributed by atoms with E-state index < -0.39 is 0 Å². The molecule has 2 heterocycles. The third-order valence-electron chi connectivity index (χ3n) is 3.43. The number of hydrogen-bond donors (Lipinski definition) is 2. The van der Waals surface area contributed by atoms with Crippen molar-refractivity contribution in [2.75, 3.05) is 20.3 Å². The molecule has 21 heavy (non-hydrogen) atoms. The van der Waals surface area contributed by atoms with Gasteiger partial charge in [0, 0.05) is 25.8 Å². The van der Waals surface area contributed by atoms with E-state index in [1.165, 1.54) is 0 Å². The number of aryl methyl sites for hydroxylation is 1. The van der Waals surface area contributed by atoms with Gasteiger partial charge in [-0.3, -0.25) is 0 Å². The number of rotatable bonds is 8. The van der Waals surface area contributed by atoms with Crippen molar-refractivity contribution in [2.24, 2.45) is 0 Å². The molecule has 5 nitrogen and oxygen atoms in total. The normalized spacial score (nSPS) is 14.3. The SMILES string of the molecule is COCC(C)(CCO)NCc1nc(-c2cccs2)oc1C. The molecule has 0 spiro atoms. The van der Waals surface area contributed by atoms with Gasteiger partial charge in [-0.2, -0.15) is 0 Å². The Morgan fingerprint density at radius 1 is 1.52 bits per heavy atom. The first-order valence-electron chi connectivity index (χ1n) is 6.93. The molecule has 6 heteroatoms. The van der Waals surface area contributed by atoms with E-state index in [2.05, 4.69) is 10.3 Å². The molecule has 2 aromatic rings. The molecule has 0 saturated carbocycles. The number of ether oxygens (including phenoxy) is 1. The van der Waals surface area contributed by atoms with Gasteiger partial charge in [-0.25, -0.2) is 4.98 Å². The highest BCUT2D eigenvalue weighted by Crippen LogP contribution is 2.26. The fourth-order valence-corrected chi connectivity index (χ4v) is 2.82. The first kappa shape index (κ1) is 16.2. The number of thiophene rings is 1. The van der Waals surface area contributed by atoms with Gasteiger partial charge in [-0.15, -0.1) is 11.3 Å². The van der Waals surface area contributed by atoms with Crippen LogP contribution in [0, 0.1) is 6.92 Å². The van der Waals surface area contributed by atoms with Gasteiger partial charge in [-0.1, -0.05) is 6.07 Å². The summed E-state index contributed by atoms with van der Waals surface area (Å²) in [5, 5.41) is 14.6. The van der Waals surface area contributed by atoms with Gasteiger partial charge < -0.3 is 19.6 Å². The summed E-state index contributed by atoms with van der Waals surface area (Å²) in [6.07, 6.45) is 0.621. The summed E-state index contributed by atoms with van der Waals surface area (Å²) in [5.41, 5.74) is 0.608. The number of nitrogens with zero attached hydrogens (tertiary/aromatic N) is 1. The maximum atomic E-state index is 9.18. The molecule has 0 amide bonds. The first-order chi connectivity index (χ1) is 10.1. The second-order valence-electron chi connectivity index (χ2n) is 5.32. The van der Waals surface area contributed by atoms with Crippen LogP contribution in [0.15, 0.2) is 21.9 Å². The Morgan fingerprint density at radius 2 is 2.33 bits per heavy atom. The van der Waals surface area contributed by atoms with Gasteiger partial charge in [-0.05, 0) is 31.7 Å². The van der Waals surface area contributed by atoms with E-state index in [1.54, 1.807) is 18.4 Å². The third-order valence-corrected chi connectivity index (χ3v) is 4.29. The Morgan fingerprint density at radius 3 is 2.95 bits per heavy atom. The van der Waals surface area contributed by atoms with Crippen molar-refractivity contribution in [1.82, 2.24) is 10.3 Å². The van der Waals surface area contributed by atoms with Crippen LogP contribution in [0.2, 0.25) is 0 Å². The maximum Gasteiger partial charge on any atom is 0.236 e. The van der Waals surface area contributed by atoms with E-state index in [4.69, 9.17) is 9.15 Å². The molecule has 0 aliphatic carbocycles. The zero-order valence-corrected chi connectivity index (χ0v) is 13.5. The fourth-order valence-electron chi connectivity index (χ4n) is 2.17. The molecular formula is C15H22N2O3S. The van der Waals surface area contributed by atoms with E-state index in [0.29, 0.717) is 25.5 Å². The molecule has 2 rings (SSSR count). The molecule has 0 aliphatic rings. The topological polar surface area (TPSA) is 67.5 Å². The lowest BCUT2D eigenvalue weighted by Crippen LogP contribution is -2.46. The summed E-state index contributed by atoms with van der Waals surface area (Å²) in [6, 6.07) is 3.97. The smallest absolute Gasteiger partial charge is 0.236 e. The van der Waals surface area contributed by atoms with Gasteiger partial charge >= 0.3 is 0 Å². The molecule has 2 aromatic heterocycles. The van der Waals surface area contributed by atoms with Gasteiger partial charge in [0.15, 0.2) is 0 Å². The second kappa shape index (κ2) is 7.17. The molecule has 0 aliphatic heterocycles. The monoisotopic (exact) mass is 310 g/mol. The summed E-state index contributed by atoms with van der Waals surface area (Å²) < 4.78 is 10.9. The van der Waals surface area contributed by atoms with Crippen molar-refractivity contribution in [3.8, 4) is 10.8 Å². The van der Waals surface area contributed by atoms with Crippen molar-refractivity contribution in [3.63, 3.8) is 0 Å². The first-order valence-corrected chi connectivity index (χ1v) is 7.81. The van der Waals surface area contributed by atoms with E-state index in [1.807, 2.05) is 31.4 Å². The fraction of sp³-hybridized carbons (Fsp3) is 0.533. The molecular weight excluding hydrogens is 288 g/mol. The molecule has 0 saturated heterocycles. The summed E-state index contributed by atoms with van der Waals surface area (Å²) in [5.74, 6) is 1.48. The van der Waals surface area contributed by atoms with Crippen molar-refractivity contribution in [2.45, 2.75) is 32.4 Å². The summed E-state index contributed by atoms with van der Waals surface area (Å²) in [6.45, 7) is 5.18. The lowest BCUT2D eigenvalue weighted by molar-refractivity contribution is 0.0967. The van der Waals surface area contributed by atoms with Crippen molar-refractivity contribution in [1.29, 1.82) is 0 Å². The maximum absolute atomic E-state index is 9.18. The Labute approximate surface area is 129 Å². The predicted octanol–water partition coefficient (Wildman–Crippen LogP) is 2.59. The van der Waals surface area contributed by atoms with Crippen LogP contribution in [-0.2, 0) is 11.3 Å². The Balaban J connectivity index is 2.06. The molecule has 1 atom stereocenters. The lowest BCUT2D eigenvalue weighted by atomic mass is 9.99. The van der Waals surface area contributed by atoms with Crippen LogP contribution in [0.5, 0.6) is 0 Å². The third kappa shape index (κ3) is 4.14. The van der Waals surface area contributed by atoms with E-state index in [0.717, 1.165) is 16.3 Å². The minimum absolute atomic E-state index is 0.116. The van der Waals surface area contributed by atoms with Gasteiger partial charge in [0.2, 0.25) is 5.89 Å². The van der Waals surface area contributed by atoms with Crippen molar-refractivity contribution < 1.29 is 14.3 Å². The van der Waals surface area contributed by atoms with Crippen molar-refractivity contribution >= 4 is 11.3 Å². The largest absolute Gasteiger partial charge is 0.440 e. The van der Waals surface area contributed by atoms with E-state index in [9.17, 15) is 5.11 Å². The highest BCUT2D eigenvalue weighted by molar-refractivity contribution is 7.13. The van der Waals surface area contributed by atoms with Crippen LogP contribution < -0.4 is 5.32 Å². The van der Waals surface area contributed by atoms with Gasteiger partial charge in [0.05, 0.1) is 17.2 Å². The summed E-state index contributed by atoms with van der Waals surface area (Å²) in [7, 11) is 1.66. The second-order valence-corrected chi connectivity index (χ2v) is 6.27.